The molecule has 196 valence electrons. The van der Waals surface area contributed by atoms with Crippen LogP contribution < -0.4 is 21.5 Å². The molecule has 0 aliphatic heterocycles. The summed E-state index contributed by atoms with van der Waals surface area (Å²) in [6.07, 6.45) is 0. The van der Waals surface area contributed by atoms with Crippen LogP contribution in [0.5, 0.6) is 5.75 Å². The van der Waals surface area contributed by atoms with Gasteiger partial charge in [-0.1, -0.05) is 49.2 Å². The van der Waals surface area contributed by atoms with Gasteiger partial charge in [0.25, 0.3) is 16.8 Å². The van der Waals surface area contributed by atoms with Gasteiger partial charge in [0.15, 0.2) is 5.75 Å². The van der Waals surface area contributed by atoms with Crippen molar-refractivity contribution in [3.63, 3.8) is 0 Å². The number of amides is 2. The Hall–Kier alpha value is -3.56. The fraction of sp³-hybridized carbons (Fsp3) is 0.308. The molecule has 0 unspecified atom stereocenters. The minimum Gasteiger partial charge on any atom is -0.505 e. The Morgan fingerprint density at radius 3 is 2.22 bits per heavy atom. The van der Waals surface area contributed by atoms with Gasteiger partial charge in [0, 0.05) is 27.7 Å². The summed E-state index contributed by atoms with van der Waals surface area (Å²) in [5.74, 6) is -1.34. The molecule has 0 aliphatic rings. The topological polar surface area (TPSA) is 119 Å². The Morgan fingerprint density at radius 2 is 1.62 bits per heavy atom. The molecular formula is C26H28Cl2N4O5. The van der Waals surface area contributed by atoms with Crippen LogP contribution in [0.4, 0.5) is 17.1 Å². The van der Waals surface area contributed by atoms with Crippen LogP contribution in [-0.2, 0) is 11.3 Å². The molecule has 0 heterocycles. The number of nitrogens with zero attached hydrogens (tertiary/aromatic N) is 2. The average molecular weight is 547 g/mol. The standard InChI is InChI=1S/C26H28Cl2N4O5/c1-13(2)19(26(37)32(5)12-14-9-10-16(27)17(28)11-14)30-21-20(23(34)24(21)35)29-18-8-6-7-15(22(18)33)25(36)31(3)4/h6-11,13,19,29-30,33H,12H2,1-5H3/t19-/m1/s1. The SMILES string of the molecule is CC(C)[C@@H](Nc1c(Nc2cccc(C(=O)N(C)C)c2O)c(=O)c1=O)C(=O)N(C)Cc1ccc(Cl)c(Cl)c1. The number of likely N-dealkylation sites (N-methyl/N-ethyl adjacent to an activating group) is 1. The summed E-state index contributed by atoms with van der Waals surface area (Å²) in [5.41, 5.74) is -0.872. The number of hydrogen-bond acceptors (Lipinski definition) is 7. The van der Waals surface area contributed by atoms with Crippen molar-refractivity contribution >= 4 is 52.1 Å². The van der Waals surface area contributed by atoms with Crippen LogP contribution in [0.1, 0.15) is 29.8 Å². The normalized spacial score (nSPS) is 11.9. The lowest BCUT2D eigenvalue weighted by Gasteiger charge is -2.29. The van der Waals surface area contributed by atoms with E-state index >= 15 is 0 Å². The maximum atomic E-state index is 13.3. The Morgan fingerprint density at radius 1 is 0.973 bits per heavy atom. The molecule has 0 bridgehead atoms. The second-order valence-corrected chi connectivity index (χ2v) is 10.1. The lowest BCUT2D eigenvalue weighted by molar-refractivity contribution is -0.132. The van der Waals surface area contributed by atoms with Gasteiger partial charge in [0.1, 0.15) is 17.4 Å². The summed E-state index contributed by atoms with van der Waals surface area (Å²) < 4.78 is 0. The Labute approximate surface area is 224 Å². The molecule has 1 atom stereocenters. The third-order valence-electron chi connectivity index (χ3n) is 5.86. The molecule has 3 rings (SSSR count). The van der Waals surface area contributed by atoms with E-state index in [-0.39, 0.29) is 46.7 Å². The lowest BCUT2D eigenvalue weighted by Crippen LogP contribution is -2.47. The van der Waals surface area contributed by atoms with Crippen molar-refractivity contribution in [3.05, 3.63) is 78.0 Å². The molecule has 3 aromatic carbocycles. The van der Waals surface area contributed by atoms with Gasteiger partial charge in [-0.15, -0.1) is 0 Å². The van der Waals surface area contributed by atoms with Gasteiger partial charge in [0.05, 0.1) is 21.3 Å². The number of rotatable bonds is 9. The van der Waals surface area contributed by atoms with E-state index in [2.05, 4.69) is 10.6 Å². The number of aromatic hydroxyl groups is 1. The summed E-state index contributed by atoms with van der Waals surface area (Å²) in [4.78, 5) is 53.2. The predicted molar refractivity (Wildman–Crippen MR) is 146 cm³/mol. The molecule has 37 heavy (non-hydrogen) atoms. The zero-order valence-corrected chi connectivity index (χ0v) is 22.6. The molecule has 2 amide bonds. The zero-order valence-electron chi connectivity index (χ0n) is 21.1. The third kappa shape index (κ3) is 5.89. The molecule has 3 aromatic rings. The fourth-order valence-corrected chi connectivity index (χ4v) is 4.06. The Balaban J connectivity index is 1.84. The minimum atomic E-state index is -0.827. The molecule has 0 fully saturated rings. The van der Waals surface area contributed by atoms with Gasteiger partial charge in [-0.2, -0.15) is 0 Å². The molecule has 0 aliphatic carbocycles. The smallest absolute Gasteiger partial charge is 0.257 e. The van der Waals surface area contributed by atoms with Crippen LogP contribution in [-0.4, -0.2) is 53.9 Å². The van der Waals surface area contributed by atoms with E-state index in [1.54, 1.807) is 39.3 Å². The average Bonchev–Trinajstić information content (AvgIpc) is 2.85. The molecule has 0 saturated carbocycles. The molecule has 9 nitrogen and oxygen atoms in total. The van der Waals surface area contributed by atoms with Crippen molar-refractivity contribution in [1.82, 2.24) is 9.80 Å². The van der Waals surface area contributed by atoms with Gasteiger partial charge in [-0.3, -0.25) is 19.2 Å². The fourth-order valence-electron chi connectivity index (χ4n) is 3.74. The molecular weight excluding hydrogens is 519 g/mol. The molecule has 3 N–H and O–H groups in total. The van der Waals surface area contributed by atoms with E-state index in [9.17, 15) is 24.3 Å². The first-order valence-corrected chi connectivity index (χ1v) is 12.2. The number of anilines is 3. The number of para-hydroxylation sites is 1. The molecule has 0 spiro atoms. The number of hydrogen-bond donors (Lipinski definition) is 3. The van der Waals surface area contributed by atoms with Crippen LogP contribution >= 0.6 is 23.2 Å². The molecule has 11 heteroatoms. The summed E-state index contributed by atoms with van der Waals surface area (Å²) in [6.45, 7) is 3.87. The van der Waals surface area contributed by atoms with E-state index < -0.39 is 22.8 Å². The summed E-state index contributed by atoms with van der Waals surface area (Å²) in [7, 11) is 4.71. The maximum Gasteiger partial charge on any atom is 0.257 e. The first kappa shape index (κ1) is 28.0. The summed E-state index contributed by atoms with van der Waals surface area (Å²) in [5, 5.41) is 17.0. The predicted octanol–water partition coefficient (Wildman–Crippen LogP) is 3.84. The number of carbonyl (C=O) groups is 2. The highest BCUT2D eigenvalue weighted by molar-refractivity contribution is 6.42. The number of halogens is 2. The van der Waals surface area contributed by atoms with Crippen molar-refractivity contribution in [2.75, 3.05) is 31.8 Å². The minimum absolute atomic E-state index is 0.0300. The monoisotopic (exact) mass is 546 g/mol. The Kier molecular flexibility index (Phi) is 8.50. The number of nitrogens with one attached hydrogen (secondary N) is 2. The highest BCUT2D eigenvalue weighted by Gasteiger charge is 2.31. The molecule has 0 radical (unpaired) electrons. The highest BCUT2D eigenvalue weighted by Crippen LogP contribution is 2.32. The number of benzene rings is 2. The van der Waals surface area contributed by atoms with E-state index in [4.69, 9.17) is 23.2 Å². The van der Waals surface area contributed by atoms with E-state index in [1.165, 1.54) is 28.0 Å². The van der Waals surface area contributed by atoms with Crippen LogP contribution in [0.3, 0.4) is 0 Å². The number of phenolic OH excluding ortho intramolecular Hbond substituents is 1. The third-order valence-corrected chi connectivity index (χ3v) is 6.59. The van der Waals surface area contributed by atoms with Gasteiger partial charge in [-0.25, -0.2) is 0 Å². The maximum absolute atomic E-state index is 13.3. The van der Waals surface area contributed by atoms with Gasteiger partial charge >= 0.3 is 0 Å². The number of phenols is 1. The van der Waals surface area contributed by atoms with Crippen molar-refractivity contribution in [2.24, 2.45) is 5.92 Å². The van der Waals surface area contributed by atoms with Crippen LogP contribution in [0.2, 0.25) is 10.0 Å². The van der Waals surface area contributed by atoms with Crippen molar-refractivity contribution in [3.8, 4) is 5.75 Å². The van der Waals surface area contributed by atoms with E-state index in [0.29, 0.717) is 10.0 Å². The molecule has 0 saturated heterocycles. The van der Waals surface area contributed by atoms with Crippen molar-refractivity contribution in [1.29, 1.82) is 0 Å². The van der Waals surface area contributed by atoms with Gasteiger partial charge in [0.2, 0.25) is 5.91 Å². The molecule has 0 aromatic heterocycles. The van der Waals surface area contributed by atoms with E-state index in [1.807, 2.05) is 13.8 Å². The highest BCUT2D eigenvalue weighted by atomic mass is 35.5. The first-order valence-electron chi connectivity index (χ1n) is 11.4. The van der Waals surface area contributed by atoms with Crippen LogP contribution in [0, 0.1) is 5.92 Å². The second kappa shape index (κ2) is 11.2. The second-order valence-electron chi connectivity index (χ2n) is 9.24. The quantitative estimate of drug-likeness (QED) is 0.275. The lowest BCUT2D eigenvalue weighted by atomic mass is 10.0. The number of carbonyl (C=O) groups excluding carboxylic acids is 2. The van der Waals surface area contributed by atoms with Crippen LogP contribution in [0.15, 0.2) is 46.0 Å². The van der Waals surface area contributed by atoms with Crippen molar-refractivity contribution in [2.45, 2.75) is 26.4 Å². The Bertz CT molecular complexity index is 1410. The first-order chi connectivity index (χ1) is 17.3. The van der Waals surface area contributed by atoms with Gasteiger partial charge in [-0.05, 0) is 35.7 Å². The summed E-state index contributed by atoms with van der Waals surface area (Å²) in [6, 6.07) is 8.71. The van der Waals surface area contributed by atoms with E-state index in [0.717, 1.165) is 5.56 Å². The van der Waals surface area contributed by atoms with Gasteiger partial charge < -0.3 is 25.5 Å². The summed E-state index contributed by atoms with van der Waals surface area (Å²) >= 11 is 12.1. The largest absolute Gasteiger partial charge is 0.505 e. The van der Waals surface area contributed by atoms with Crippen molar-refractivity contribution < 1.29 is 14.7 Å². The zero-order chi connectivity index (χ0) is 27.6. The van der Waals surface area contributed by atoms with Crippen LogP contribution in [0.25, 0.3) is 0 Å².